The first-order valence-electron chi connectivity index (χ1n) is 11.0. The van der Waals surface area contributed by atoms with E-state index in [1.165, 1.54) is 22.2 Å². The van der Waals surface area contributed by atoms with Gasteiger partial charge in [0.2, 0.25) is 5.95 Å². The molecule has 6 rings (SSSR count). The third-order valence-electron chi connectivity index (χ3n) is 6.29. The molecule has 160 valence electrons. The Labute approximate surface area is 185 Å². The number of aromatic amines is 1. The fourth-order valence-corrected chi connectivity index (χ4v) is 4.62. The van der Waals surface area contributed by atoms with Crippen LogP contribution in [0.4, 0.5) is 5.95 Å². The van der Waals surface area contributed by atoms with Crippen LogP contribution in [0.15, 0.2) is 48.9 Å². The molecule has 1 unspecified atom stereocenters. The average Bonchev–Trinajstić information content (AvgIpc) is 3.41. The molecule has 8 nitrogen and oxygen atoms in total. The molecule has 0 fully saturated rings. The van der Waals surface area contributed by atoms with Gasteiger partial charge < -0.3 is 10.3 Å². The fourth-order valence-electron chi connectivity index (χ4n) is 4.62. The van der Waals surface area contributed by atoms with Gasteiger partial charge in [0.15, 0.2) is 11.5 Å². The largest absolute Gasteiger partial charge is 0.358 e. The van der Waals surface area contributed by atoms with Gasteiger partial charge in [-0.1, -0.05) is 32.0 Å². The zero-order chi connectivity index (χ0) is 21.7. The molecule has 1 aromatic carbocycles. The molecule has 1 aliphatic rings. The van der Waals surface area contributed by atoms with Gasteiger partial charge in [-0.2, -0.15) is 24.8 Å². The van der Waals surface area contributed by atoms with Crippen molar-refractivity contribution >= 4 is 22.5 Å². The van der Waals surface area contributed by atoms with Gasteiger partial charge >= 0.3 is 0 Å². The highest BCUT2D eigenvalue weighted by Gasteiger charge is 2.24. The Balaban J connectivity index is 1.41. The normalized spacial score (nSPS) is 16.0. The molecule has 0 spiro atoms. The Hall–Kier alpha value is -3.81. The molecular formula is C24H24N8. The van der Waals surface area contributed by atoms with Gasteiger partial charge in [0, 0.05) is 33.8 Å². The highest BCUT2D eigenvalue weighted by Crippen LogP contribution is 2.31. The molecule has 0 saturated carbocycles. The van der Waals surface area contributed by atoms with Crippen LogP contribution in [0.25, 0.3) is 27.9 Å². The molecule has 0 saturated heterocycles. The van der Waals surface area contributed by atoms with Crippen LogP contribution in [-0.2, 0) is 12.8 Å². The minimum absolute atomic E-state index is 0.259. The maximum absolute atomic E-state index is 4.85. The first-order valence-corrected chi connectivity index (χ1v) is 11.0. The Morgan fingerprint density at radius 2 is 2.00 bits per heavy atom. The first kappa shape index (κ1) is 18.9. The summed E-state index contributed by atoms with van der Waals surface area (Å²) in [6.45, 7) is 4.30. The van der Waals surface area contributed by atoms with E-state index in [-0.39, 0.29) is 6.04 Å². The van der Waals surface area contributed by atoms with Crippen molar-refractivity contribution in [2.75, 3.05) is 5.32 Å². The summed E-state index contributed by atoms with van der Waals surface area (Å²) in [6.07, 6.45) is 8.22. The van der Waals surface area contributed by atoms with Crippen LogP contribution in [0.1, 0.15) is 43.0 Å². The summed E-state index contributed by atoms with van der Waals surface area (Å²) in [5.41, 5.74) is 6.72. The molecule has 0 amide bonds. The lowest BCUT2D eigenvalue weighted by molar-refractivity contribution is 0.599. The number of nitrogens with one attached hydrogen (secondary N) is 2. The van der Waals surface area contributed by atoms with Crippen molar-refractivity contribution in [2.24, 2.45) is 0 Å². The number of rotatable bonds is 4. The van der Waals surface area contributed by atoms with Crippen LogP contribution < -0.4 is 5.32 Å². The van der Waals surface area contributed by atoms with Gasteiger partial charge in [-0.05, 0) is 42.9 Å². The van der Waals surface area contributed by atoms with Crippen molar-refractivity contribution in [2.45, 2.75) is 45.1 Å². The minimum Gasteiger partial charge on any atom is -0.358 e. The number of fused-ring (bicyclic) bond motifs is 4. The third-order valence-corrected chi connectivity index (χ3v) is 6.29. The number of benzene rings is 1. The highest BCUT2D eigenvalue weighted by atomic mass is 15.4. The standard InChI is InChI=1S/C24H24N8/c1-14(2)19-13-27-32-23(19)30-22(15-9-10-25-26-12-15)31-24(32)28-16-7-8-21-18(11-16)17-5-3-4-6-20(17)29-21/h3-6,9-10,12-14,16,29H,7-8,11H2,1-2H3,(H,28,30,31). The summed E-state index contributed by atoms with van der Waals surface area (Å²) in [7, 11) is 0. The van der Waals surface area contributed by atoms with Gasteiger partial charge in [-0.15, -0.1) is 0 Å². The number of aromatic nitrogens is 7. The van der Waals surface area contributed by atoms with E-state index in [9.17, 15) is 0 Å². The Morgan fingerprint density at radius 3 is 2.84 bits per heavy atom. The van der Waals surface area contributed by atoms with Gasteiger partial charge in [0.1, 0.15) is 0 Å². The molecule has 0 radical (unpaired) electrons. The lowest BCUT2D eigenvalue weighted by atomic mass is 9.91. The Kier molecular flexibility index (Phi) is 4.38. The van der Waals surface area contributed by atoms with Crippen molar-refractivity contribution < 1.29 is 0 Å². The van der Waals surface area contributed by atoms with E-state index in [1.807, 2.05) is 16.8 Å². The summed E-state index contributed by atoms with van der Waals surface area (Å²) in [4.78, 5) is 13.3. The average molecular weight is 425 g/mol. The molecule has 1 aliphatic carbocycles. The minimum atomic E-state index is 0.259. The molecule has 5 aromatic rings. The Morgan fingerprint density at radius 1 is 1.09 bits per heavy atom. The number of hydrogen-bond donors (Lipinski definition) is 2. The van der Waals surface area contributed by atoms with Gasteiger partial charge in [-0.25, -0.2) is 4.98 Å². The van der Waals surface area contributed by atoms with Crippen LogP contribution in [0.3, 0.4) is 0 Å². The van der Waals surface area contributed by atoms with Crippen LogP contribution >= 0.6 is 0 Å². The highest BCUT2D eigenvalue weighted by molar-refractivity contribution is 5.85. The van der Waals surface area contributed by atoms with Crippen molar-refractivity contribution in [3.8, 4) is 11.4 Å². The maximum atomic E-state index is 4.85. The molecule has 8 heteroatoms. The number of H-pyrrole nitrogens is 1. The zero-order valence-electron chi connectivity index (χ0n) is 18.1. The Bertz CT molecular complexity index is 1420. The van der Waals surface area contributed by atoms with Crippen LogP contribution in [-0.4, -0.2) is 40.8 Å². The van der Waals surface area contributed by atoms with Crippen LogP contribution in [0.2, 0.25) is 0 Å². The number of hydrogen-bond acceptors (Lipinski definition) is 6. The van der Waals surface area contributed by atoms with E-state index in [0.29, 0.717) is 17.7 Å². The predicted octanol–water partition coefficient (Wildman–Crippen LogP) is 4.16. The van der Waals surface area contributed by atoms with Crippen LogP contribution in [0.5, 0.6) is 0 Å². The quantitative estimate of drug-likeness (QED) is 0.450. The second-order valence-electron chi connectivity index (χ2n) is 8.70. The first-order chi connectivity index (χ1) is 15.7. The summed E-state index contributed by atoms with van der Waals surface area (Å²) >= 11 is 0. The number of aryl methyl sites for hydroxylation is 1. The van der Waals surface area contributed by atoms with Crippen LogP contribution in [0, 0.1) is 0 Å². The molecule has 2 N–H and O–H groups in total. The molecule has 4 heterocycles. The second kappa shape index (κ2) is 7.40. The maximum Gasteiger partial charge on any atom is 0.228 e. The summed E-state index contributed by atoms with van der Waals surface area (Å²) < 4.78 is 1.83. The summed E-state index contributed by atoms with van der Waals surface area (Å²) in [5, 5.41) is 17.5. The van der Waals surface area contributed by atoms with E-state index in [2.05, 4.69) is 63.7 Å². The third kappa shape index (κ3) is 3.10. The molecule has 32 heavy (non-hydrogen) atoms. The monoisotopic (exact) mass is 424 g/mol. The molecular weight excluding hydrogens is 400 g/mol. The van der Waals surface area contributed by atoms with Gasteiger partial charge in [0.05, 0.1) is 18.6 Å². The van der Waals surface area contributed by atoms with Gasteiger partial charge in [-0.3, -0.25) is 0 Å². The van der Waals surface area contributed by atoms with Crippen molar-refractivity contribution in [3.63, 3.8) is 0 Å². The number of anilines is 1. The molecule has 0 aliphatic heterocycles. The number of nitrogens with zero attached hydrogens (tertiary/aromatic N) is 6. The topological polar surface area (TPSA) is 96.7 Å². The predicted molar refractivity (Wildman–Crippen MR) is 124 cm³/mol. The zero-order valence-corrected chi connectivity index (χ0v) is 18.1. The SMILES string of the molecule is CC(C)c1cnn2c(NC3CCc4[nH]c5ccccc5c4C3)nc(-c3ccnnc3)nc12. The van der Waals surface area contributed by atoms with E-state index in [4.69, 9.17) is 9.97 Å². The van der Waals surface area contributed by atoms with E-state index >= 15 is 0 Å². The van der Waals surface area contributed by atoms with Crippen molar-refractivity contribution in [3.05, 3.63) is 65.7 Å². The van der Waals surface area contributed by atoms with E-state index in [0.717, 1.165) is 36.0 Å². The molecule has 0 bridgehead atoms. The molecule has 1 atom stereocenters. The lowest BCUT2D eigenvalue weighted by Gasteiger charge is -2.24. The summed E-state index contributed by atoms with van der Waals surface area (Å²) in [5.74, 6) is 1.64. The van der Waals surface area contributed by atoms with E-state index in [1.54, 1.807) is 12.4 Å². The number of para-hydroxylation sites is 1. The second-order valence-corrected chi connectivity index (χ2v) is 8.70. The smallest absolute Gasteiger partial charge is 0.228 e. The van der Waals surface area contributed by atoms with Crippen molar-refractivity contribution in [1.29, 1.82) is 0 Å². The molecule has 4 aromatic heterocycles. The lowest BCUT2D eigenvalue weighted by Crippen LogP contribution is -2.29. The van der Waals surface area contributed by atoms with Gasteiger partial charge in [0.25, 0.3) is 0 Å². The fraction of sp³-hybridized carbons (Fsp3) is 0.292. The van der Waals surface area contributed by atoms with Crippen molar-refractivity contribution in [1.82, 2.24) is 34.8 Å². The summed E-state index contributed by atoms with van der Waals surface area (Å²) in [6, 6.07) is 10.7. The van der Waals surface area contributed by atoms with E-state index < -0.39 is 0 Å².